The molecule has 0 aliphatic rings. The van der Waals surface area contributed by atoms with Gasteiger partial charge in [0, 0.05) is 0 Å². The van der Waals surface area contributed by atoms with Crippen LogP contribution in [-0.2, 0) is 0 Å². The lowest BCUT2D eigenvalue weighted by molar-refractivity contribution is 0.317. The van der Waals surface area contributed by atoms with E-state index in [-0.39, 0.29) is 0 Å². The third-order valence-electron chi connectivity index (χ3n) is 2.78. The summed E-state index contributed by atoms with van der Waals surface area (Å²) in [6, 6.07) is 16.7. The second-order valence-electron chi connectivity index (χ2n) is 4.19. The van der Waals surface area contributed by atoms with Crippen molar-refractivity contribution in [2.24, 2.45) is 0 Å². The lowest BCUT2D eigenvalue weighted by Crippen LogP contribution is -1.94. The van der Waals surface area contributed by atoms with Crippen LogP contribution in [0.1, 0.15) is 18.9 Å². The first-order valence-electron chi connectivity index (χ1n) is 6.10. The Hall–Kier alpha value is -1.76. The highest BCUT2D eigenvalue weighted by Crippen LogP contribution is 2.25. The molecule has 17 heavy (non-hydrogen) atoms. The van der Waals surface area contributed by atoms with Crippen LogP contribution in [0.3, 0.4) is 0 Å². The fourth-order valence-corrected chi connectivity index (χ4v) is 1.85. The van der Waals surface area contributed by atoms with E-state index in [2.05, 4.69) is 50.2 Å². The Morgan fingerprint density at radius 1 is 0.941 bits per heavy atom. The van der Waals surface area contributed by atoms with Gasteiger partial charge in [-0.3, -0.25) is 0 Å². The molecule has 0 fully saturated rings. The van der Waals surface area contributed by atoms with Crippen LogP contribution in [0.4, 0.5) is 0 Å². The zero-order valence-corrected chi connectivity index (χ0v) is 10.4. The molecule has 0 saturated carbocycles. The standard InChI is InChI=1S/C16H18O/c1-3-12-17-15-10-8-14(9-11-15)16-7-5-4-6-13(16)2/h4-11H,3,12H2,1-2H3. The maximum atomic E-state index is 5.58. The van der Waals surface area contributed by atoms with Crippen LogP contribution in [-0.4, -0.2) is 6.61 Å². The van der Waals surface area contributed by atoms with Crippen molar-refractivity contribution in [2.75, 3.05) is 6.61 Å². The summed E-state index contributed by atoms with van der Waals surface area (Å²) in [6.07, 6.45) is 1.04. The number of hydrogen-bond acceptors (Lipinski definition) is 1. The summed E-state index contributed by atoms with van der Waals surface area (Å²) < 4.78 is 5.58. The molecule has 0 spiro atoms. The van der Waals surface area contributed by atoms with E-state index in [1.54, 1.807) is 0 Å². The second kappa shape index (κ2) is 5.53. The van der Waals surface area contributed by atoms with Gasteiger partial charge >= 0.3 is 0 Å². The van der Waals surface area contributed by atoms with Crippen LogP contribution >= 0.6 is 0 Å². The first-order valence-corrected chi connectivity index (χ1v) is 6.10. The van der Waals surface area contributed by atoms with E-state index < -0.39 is 0 Å². The molecule has 0 N–H and O–H groups in total. The van der Waals surface area contributed by atoms with Crippen molar-refractivity contribution in [2.45, 2.75) is 20.3 Å². The molecule has 0 aliphatic carbocycles. The highest BCUT2D eigenvalue weighted by atomic mass is 16.5. The van der Waals surface area contributed by atoms with Gasteiger partial charge in [-0.15, -0.1) is 0 Å². The maximum absolute atomic E-state index is 5.58. The molecule has 2 rings (SSSR count). The molecule has 0 heterocycles. The molecule has 0 aliphatic heterocycles. The minimum absolute atomic E-state index is 0.781. The normalized spacial score (nSPS) is 10.2. The molecule has 2 aromatic carbocycles. The van der Waals surface area contributed by atoms with Gasteiger partial charge in [0.05, 0.1) is 6.61 Å². The smallest absolute Gasteiger partial charge is 0.119 e. The van der Waals surface area contributed by atoms with Crippen LogP contribution in [0.5, 0.6) is 5.75 Å². The van der Waals surface area contributed by atoms with Gasteiger partial charge in [-0.25, -0.2) is 0 Å². The first kappa shape index (κ1) is 11.7. The summed E-state index contributed by atoms with van der Waals surface area (Å²) in [6.45, 7) is 5.03. The van der Waals surface area contributed by atoms with Crippen molar-refractivity contribution in [3.63, 3.8) is 0 Å². The molecule has 0 saturated heterocycles. The average Bonchev–Trinajstić information content (AvgIpc) is 2.38. The summed E-state index contributed by atoms with van der Waals surface area (Å²) in [5.74, 6) is 0.948. The molecule has 0 aromatic heterocycles. The van der Waals surface area contributed by atoms with E-state index in [4.69, 9.17) is 4.74 Å². The van der Waals surface area contributed by atoms with E-state index in [0.717, 1.165) is 18.8 Å². The molecule has 0 bridgehead atoms. The quantitative estimate of drug-likeness (QED) is 0.748. The predicted molar refractivity (Wildman–Crippen MR) is 72.4 cm³/mol. The Morgan fingerprint density at radius 3 is 2.29 bits per heavy atom. The Morgan fingerprint density at radius 2 is 1.65 bits per heavy atom. The molecule has 0 radical (unpaired) electrons. The van der Waals surface area contributed by atoms with Gasteiger partial charge in [-0.05, 0) is 42.2 Å². The lowest BCUT2D eigenvalue weighted by atomic mass is 10.0. The van der Waals surface area contributed by atoms with E-state index in [0.29, 0.717) is 0 Å². The highest BCUT2D eigenvalue weighted by Gasteiger charge is 2.00. The largest absolute Gasteiger partial charge is 0.494 e. The lowest BCUT2D eigenvalue weighted by Gasteiger charge is -2.08. The third-order valence-corrected chi connectivity index (χ3v) is 2.78. The molecule has 0 amide bonds. The highest BCUT2D eigenvalue weighted by molar-refractivity contribution is 5.67. The second-order valence-corrected chi connectivity index (χ2v) is 4.19. The minimum atomic E-state index is 0.781. The van der Waals surface area contributed by atoms with Gasteiger partial charge < -0.3 is 4.74 Å². The molecular formula is C16H18O. The maximum Gasteiger partial charge on any atom is 0.119 e. The number of aryl methyl sites for hydroxylation is 1. The SMILES string of the molecule is CCCOc1ccc(-c2ccccc2C)cc1. The molecular weight excluding hydrogens is 208 g/mol. The van der Waals surface area contributed by atoms with E-state index in [1.807, 2.05) is 12.1 Å². The molecule has 2 aromatic rings. The molecule has 0 unspecified atom stereocenters. The average molecular weight is 226 g/mol. The summed E-state index contributed by atoms with van der Waals surface area (Å²) in [4.78, 5) is 0. The zero-order valence-electron chi connectivity index (χ0n) is 10.4. The van der Waals surface area contributed by atoms with E-state index in [1.165, 1.54) is 16.7 Å². The van der Waals surface area contributed by atoms with Gasteiger partial charge in [-0.1, -0.05) is 43.3 Å². The third kappa shape index (κ3) is 2.88. The number of benzene rings is 2. The van der Waals surface area contributed by atoms with Gasteiger partial charge in [0.2, 0.25) is 0 Å². The van der Waals surface area contributed by atoms with Crippen molar-refractivity contribution in [3.05, 3.63) is 54.1 Å². The van der Waals surface area contributed by atoms with Crippen LogP contribution in [0.2, 0.25) is 0 Å². The Labute approximate surface area is 103 Å². The van der Waals surface area contributed by atoms with Gasteiger partial charge in [0.25, 0.3) is 0 Å². The molecule has 88 valence electrons. The minimum Gasteiger partial charge on any atom is -0.494 e. The van der Waals surface area contributed by atoms with Gasteiger partial charge in [0.1, 0.15) is 5.75 Å². The van der Waals surface area contributed by atoms with Crippen molar-refractivity contribution >= 4 is 0 Å². The molecule has 1 heteroatoms. The molecule has 0 atom stereocenters. The number of ether oxygens (including phenoxy) is 1. The Balaban J connectivity index is 2.21. The summed E-state index contributed by atoms with van der Waals surface area (Å²) in [5, 5.41) is 0. The summed E-state index contributed by atoms with van der Waals surface area (Å²) in [5.41, 5.74) is 3.83. The fraction of sp³-hybridized carbons (Fsp3) is 0.250. The van der Waals surface area contributed by atoms with Crippen molar-refractivity contribution < 1.29 is 4.74 Å². The van der Waals surface area contributed by atoms with Crippen molar-refractivity contribution in [3.8, 4) is 16.9 Å². The topological polar surface area (TPSA) is 9.23 Å². The number of rotatable bonds is 4. The monoisotopic (exact) mass is 226 g/mol. The van der Waals surface area contributed by atoms with Crippen molar-refractivity contribution in [1.82, 2.24) is 0 Å². The summed E-state index contributed by atoms with van der Waals surface area (Å²) in [7, 11) is 0. The predicted octanol–water partition coefficient (Wildman–Crippen LogP) is 4.45. The van der Waals surface area contributed by atoms with Crippen LogP contribution in [0.25, 0.3) is 11.1 Å². The molecule has 1 nitrogen and oxygen atoms in total. The fourth-order valence-electron chi connectivity index (χ4n) is 1.85. The first-order chi connectivity index (χ1) is 8.31. The van der Waals surface area contributed by atoms with Crippen molar-refractivity contribution in [1.29, 1.82) is 0 Å². The van der Waals surface area contributed by atoms with E-state index >= 15 is 0 Å². The van der Waals surface area contributed by atoms with Crippen LogP contribution < -0.4 is 4.74 Å². The summed E-state index contributed by atoms with van der Waals surface area (Å²) >= 11 is 0. The van der Waals surface area contributed by atoms with Gasteiger partial charge in [-0.2, -0.15) is 0 Å². The van der Waals surface area contributed by atoms with Gasteiger partial charge in [0.15, 0.2) is 0 Å². The van der Waals surface area contributed by atoms with Crippen LogP contribution in [0, 0.1) is 6.92 Å². The number of hydrogen-bond donors (Lipinski definition) is 0. The van der Waals surface area contributed by atoms with E-state index in [9.17, 15) is 0 Å². The Kier molecular flexibility index (Phi) is 3.81. The zero-order chi connectivity index (χ0) is 12.1. The van der Waals surface area contributed by atoms with Crippen LogP contribution in [0.15, 0.2) is 48.5 Å². The Bertz CT molecular complexity index is 471.